The van der Waals surface area contributed by atoms with Crippen LogP contribution in [0, 0.1) is 0 Å². The molecule has 1 aromatic heterocycles. The first kappa shape index (κ1) is 26.5. The van der Waals surface area contributed by atoms with Gasteiger partial charge in [0.25, 0.3) is 0 Å². The van der Waals surface area contributed by atoms with Crippen molar-refractivity contribution < 1.29 is 0 Å². The molecule has 6 aromatic carbocycles. The third-order valence-electron chi connectivity index (χ3n) is 10.2. The lowest BCUT2D eigenvalue weighted by Crippen LogP contribution is -2.43. The van der Waals surface area contributed by atoms with Gasteiger partial charge in [0.15, 0.2) is 0 Å². The summed E-state index contributed by atoms with van der Waals surface area (Å²) in [7, 11) is 0. The van der Waals surface area contributed by atoms with Gasteiger partial charge in [-0.2, -0.15) is 0 Å². The summed E-state index contributed by atoms with van der Waals surface area (Å²) in [6.07, 6.45) is 0. The van der Waals surface area contributed by atoms with Crippen molar-refractivity contribution in [2.75, 3.05) is 0 Å². The van der Waals surface area contributed by atoms with Crippen molar-refractivity contribution in [2.45, 2.75) is 38.5 Å². The molecular weight excluding hydrogens is 532 g/mol. The van der Waals surface area contributed by atoms with Crippen LogP contribution in [0.1, 0.15) is 38.8 Å². The van der Waals surface area contributed by atoms with Crippen molar-refractivity contribution in [2.24, 2.45) is 0 Å². The summed E-state index contributed by atoms with van der Waals surface area (Å²) in [5, 5.41) is 2.30. The van der Waals surface area contributed by atoms with Crippen molar-refractivity contribution in [1.29, 1.82) is 0 Å². The van der Waals surface area contributed by atoms with E-state index in [1.807, 2.05) is 0 Å². The van der Waals surface area contributed by atoms with Gasteiger partial charge in [-0.25, -0.2) is 9.97 Å². The lowest BCUT2D eigenvalue weighted by Gasteiger charge is -2.48. The Morgan fingerprint density at radius 3 is 1.66 bits per heavy atom. The normalized spacial score (nSPS) is 14.7. The van der Waals surface area contributed by atoms with E-state index in [4.69, 9.17) is 9.97 Å². The van der Waals surface area contributed by atoms with Gasteiger partial charge in [0.2, 0.25) is 0 Å². The van der Waals surface area contributed by atoms with Gasteiger partial charge < -0.3 is 0 Å². The SMILES string of the molecule is CC1(C)c2cc(-c3ccccc3)ccc2-c2ccc(-c3nc4c(ccc5ccccc54)nc3-c3ccccc3)cc2C1(C)C. The summed E-state index contributed by atoms with van der Waals surface area (Å²) in [4.78, 5) is 10.7. The van der Waals surface area contributed by atoms with Crippen LogP contribution in [0.5, 0.6) is 0 Å². The van der Waals surface area contributed by atoms with Crippen LogP contribution in [-0.2, 0) is 10.8 Å². The molecule has 1 aliphatic carbocycles. The molecule has 2 nitrogen and oxygen atoms in total. The van der Waals surface area contributed by atoms with E-state index in [0.717, 1.165) is 38.9 Å². The molecule has 0 unspecified atom stereocenters. The first-order valence-corrected chi connectivity index (χ1v) is 15.4. The minimum absolute atomic E-state index is 0.105. The fourth-order valence-electron chi connectivity index (χ4n) is 7.01. The monoisotopic (exact) mass is 566 g/mol. The molecule has 44 heavy (non-hydrogen) atoms. The summed E-state index contributed by atoms with van der Waals surface area (Å²) in [6.45, 7) is 9.58. The Labute approximate surface area is 259 Å². The van der Waals surface area contributed by atoms with E-state index >= 15 is 0 Å². The molecule has 0 radical (unpaired) electrons. The summed E-state index contributed by atoms with van der Waals surface area (Å²) in [5.41, 5.74) is 13.5. The molecule has 0 amide bonds. The predicted molar refractivity (Wildman–Crippen MR) is 185 cm³/mol. The summed E-state index contributed by atoms with van der Waals surface area (Å²) in [6, 6.07) is 47.8. The van der Waals surface area contributed by atoms with Crippen molar-refractivity contribution in [3.63, 3.8) is 0 Å². The van der Waals surface area contributed by atoms with Crippen LogP contribution in [0.15, 0.2) is 133 Å². The van der Waals surface area contributed by atoms with Crippen LogP contribution in [0.3, 0.4) is 0 Å². The molecule has 0 saturated carbocycles. The molecule has 0 spiro atoms. The fourth-order valence-corrected chi connectivity index (χ4v) is 7.01. The first-order valence-electron chi connectivity index (χ1n) is 15.4. The number of hydrogen-bond donors (Lipinski definition) is 0. The number of rotatable bonds is 3. The Kier molecular flexibility index (Phi) is 5.86. The Balaban J connectivity index is 1.37. The summed E-state index contributed by atoms with van der Waals surface area (Å²) in [5.74, 6) is 0. The Morgan fingerprint density at radius 1 is 0.432 bits per heavy atom. The maximum absolute atomic E-state index is 5.41. The Bertz CT molecular complexity index is 2210. The maximum atomic E-state index is 5.41. The molecule has 0 aliphatic heterocycles. The minimum atomic E-state index is -0.134. The van der Waals surface area contributed by atoms with Gasteiger partial charge in [-0.1, -0.05) is 143 Å². The van der Waals surface area contributed by atoms with Crippen molar-refractivity contribution in [1.82, 2.24) is 9.97 Å². The molecular formula is C42H34N2. The Morgan fingerprint density at radius 2 is 0.977 bits per heavy atom. The lowest BCUT2D eigenvalue weighted by molar-refractivity contribution is 0.299. The molecule has 212 valence electrons. The molecule has 0 atom stereocenters. The van der Waals surface area contributed by atoms with Gasteiger partial charge in [-0.15, -0.1) is 0 Å². The van der Waals surface area contributed by atoms with Gasteiger partial charge in [0, 0.05) is 16.5 Å². The quantitative estimate of drug-likeness (QED) is 0.199. The lowest BCUT2D eigenvalue weighted by atomic mass is 9.55. The average Bonchev–Trinajstić information content (AvgIpc) is 3.07. The standard InChI is InChI=1S/C42H34N2/c1-41(2)35-25-30(27-13-7-5-8-14-27)19-22-33(35)34-23-20-31(26-36(34)42(41,3)4)39-38(29-16-9-6-10-17-29)43-37-24-21-28-15-11-12-18-32(28)40(37)44-39/h5-26H,1-4H3. The first-order chi connectivity index (χ1) is 21.3. The Hall–Kier alpha value is -5.08. The second-order valence-corrected chi connectivity index (χ2v) is 13.1. The average molecular weight is 567 g/mol. The van der Waals surface area contributed by atoms with Gasteiger partial charge in [-0.05, 0) is 67.8 Å². The molecule has 7 aromatic rings. The van der Waals surface area contributed by atoms with E-state index in [0.29, 0.717) is 0 Å². The molecule has 0 saturated heterocycles. The predicted octanol–water partition coefficient (Wildman–Crippen LogP) is 11.0. The number of hydrogen-bond acceptors (Lipinski definition) is 2. The van der Waals surface area contributed by atoms with Crippen LogP contribution in [0.25, 0.3) is 66.6 Å². The maximum Gasteiger partial charge on any atom is 0.0973 e. The van der Waals surface area contributed by atoms with Crippen molar-refractivity contribution in [3.8, 4) is 44.8 Å². The number of aromatic nitrogens is 2. The highest BCUT2D eigenvalue weighted by Gasteiger charge is 2.46. The van der Waals surface area contributed by atoms with Gasteiger partial charge in [0.1, 0.15) is 0 Å². The van der Waals surface area contributed by atoms with Crippen molar-refractivity contribution in [3.05, 3.63) is 145 Å². The van der Waals surface area contributed by atoms with Gasteiger partial charge >= 0.3 is 0 Å². The van der Waals surface area contributed by atoms with Crippen molar-refractivity contribution >= 4 is 21.8 Å². The van der Waals surface area contributed by atoms with E-state index in [-0.39, 0.29) is 10.8 Å². The van der Waals surface area contributed by atoms with E-state index in [1.54, 1.807) is 0 Å². The molecule has 0 bridgehead atoms. The number of fused-ring (bicyclic) bond motifs is 6. The van der Waals surface area contributed by atoms with E-state index in [9.17, 15) is 0 Å². The largest absolute Gasteiger partial charge is 0.244 e. The van der Waals surface area contributed by atoms with Crippen LogP contribution in [0.2, 0.25) is 0 Å². The highest BCUT2D eigenvalue weighted by atomic mass is 14.8. The number of benzene rings is 6. The zero-order chi connectivity index (χ0) is 30.1. The van der Waals surface area contributed by atoms with Crippen LogP contribution < -0.4 is 0 Å². The molecule has 1 aliphatic rings. The summed E-state index contributed by atoms with van der Waals surface area (Å²) >= 11 is 0. The highest BCUT2D eigenvalue weighted by molar-refractivity contribution is 6.05. The zero-order valence-electron chi connectivity index (χ0n) is 25.6. The fraction of sp³-hybridized carbons (Fsp3) is 0.143. The molecule has 1 heterocycles. The van der Waals surface area contributed by atoms with Gasteiger partial charge in [-0.3, -0.25) is 0 Å². The smallest absolute Gasteiger partial charge is 0.0973 e. The minimum Gasteiger partial charge on any atom is -0.244 e. The van der Waals surface area contributed by atoms with E-state index in [1.165, 1.54) is 38.8 Å². The third-order valence-corrected chi connectivity index (χ3v) is 10.2. The molecule has 8 rings (SSSR count). The van der Waals surface area contributed by atoms with Gasteiger partial charge in [0.05, 0.1) is 22.4 Å². The number of nitrogens with zero attached hydrogens (tertiary/aromatic N) is 2. The molecule has 2 heteroatoms. The topological polar surface area (TPSA) is 25.8 Å². The zero-order valence-corrected chi connectivity index (χ0v) is 25.6. The van der Waals surface area contributed by atoms with Crippen LogP contribution in [-0.4, -0.2) is 9.97 Å². The molecule has 0 fully saturated rings. The highest BCUT2D eigenvalue weighted by Crippen LogP contribution is 2.55. The second kappa shape index (κ2) is 9.72. The molecule has 0 N–H and O–H groups in total. The second-order valence-electron chi connectivity index (χ2n) is 13.1. The summed E-state index contributed by atoms with van der Waals surface area (Å²) < 4.78 is 0. The van der Waals surface area contributed by atoms with Crippen LogP contribution >= 0.6 is 0 Å². The third kappa shape index (κ3) is 3.94. The van der Waals surface area contributed by atoms with Crippen LogP contribution in [0.4, 0.5) is 0 Å². The van der Waals surface area contributed by atoms with E-state index in [2.05, 4.69) is 161 Å². The van der Waals surface area contributed by atoms with E-state index < -0.39 is 0 Å².